The molecule has 8 nitrogen and oxygen atoms in total. The predicted octanol–water partition coefficient (Wildman–Crippen LogP) is 5.94. The van der Waals surface area contributed by atoms with Gasteiger partial charge in [-0.1, -0.05) is 34.4 Å². The van der Waals surface area contributed by atoms with E-state index in [0.717, 1.165) is 11.1 Å². The van der Waals surface area contributed by atoms with Gasteiger partial charge in [0.25, 0.3) is 11.8 Å². The molecule has 0 N–H and O–H groups in total. The molecule has 5 rings (SSSR count). The van der Waals surface area contributed by atoms with Crippen LogP contribution in [0, 0.1) is 24.2 Å². The van der Waals surface area contributed by atoms with Crippen molar-refractivity contribution >= 4 is 29.1 Å². The van der Waals surface area contributed by atoms with Gasteiger partial charge in [0.05, 0.1) is 15.6 Å². The van der Waals surface area contributed by atoms with Gasteiger partial charge in [-0.25, -0.2) is 4.98 Å². The zero-order chi connectivity index (χ0) is 26.8. The molecule has 1 aliphatic rings. The zero-order valence-corrected chi connectivity index (χ0v) is 22.1. The number of aryl methyl sites for hydroxylation is 1. The second kappa shape index (κ2) is 10.8. The molecular weight excluding hydrogens is 525 g/mol. The van der Waals surface area contributed by atoms with E-state index in [2.05, 4.69) is 21.2 Å². The van der Waals surface area contributed by atoms with Gasteiger partial charge < -0.3 is 14.2 Å². The highest BCUT2D eigenvalue weighted by Gasteiger charge is 2.40. The third kappa shape index (κ3) is 5.35. The van der Waals surface area contributed by atoms with Crippen LogP contribution in [0.1, 0.15) is 40.2 Å². The lowest BCUT2D eigenvalue weighted by molar-refractivity contribution is 0.0769. The van der Waals surface area contributed by atoms with Crippen molar-refractivity contribution in [2.75, 3.05) is 13.1 Å². The van der Waals surface area contributed by atoms with Crippen LogP contribution in [0.3, 0.4) is 0 Å². The number of hydrogen-bond acceptors (Lipinski definition) is 7. The Morgan fingerprint density at radius 3 is 2.55 bits per heavy atom. The highest BCUT2D eigenvalue weighted by Crippen LogP contribution is 2.39. The van der Waals surface area contributed by atoms with Crippen LogP contribution in [0.2, 0.25) is 10.0 Å². The van der Waals surface area contributed by atoms with E-state index in [1.54, 1.807) is 49.4 Å². The van der Waals surface area contributed by atoms with E-state index >= 15 is 0 Å². The fourth-order valence-corrected chi connectivity index (χ4v) is 5.02. The van der Waals surface area contributed by atoms with Crippen LogP contribution < -0.4 is 4.74 Å². The summed E-state index contributed by atoms with van der Waals surface area (Å²) in [4.78, 5) is 23.8. The van der Waals surface area contributed by atoms with Crippen molar-refractivity contribution in [3.63, 3.8) is 0 Å². The smallest absolute Gasteiger partial charge is 0.257 e. The molecule has 3 atom stereocenters. The molecule has 38 heavy (non-hydrogen) atoms. The van der Waals surface area contributed by atoms with Crippen molar-refractivity contribution in [2.24, 2.45) is 5.92 Å². The molecule has 1 aliphatic heterocycles. The average Bonchev–Trinajstić information content (AvgIpc) is 3.57. The van der Waals surface area contributed by atoms with Gasteiger partial charge in [0.1, 0.15) is 12.2 Å². The Labute approximate surface area is 229 Å². The highest BCUT2D eigenvalue weighted by atomic mass is 35.5. The van der Waals surface area contributed by atoms with Gasteiger partial charge in [-0.05, 0) is 61.9 Å². The molecule has 0 bridgehead atoms. The number of pyridine rings is 1. The minimum Gasteiger partial charge on any atom is -0.474 e. The van der Waals surface area contributed by atoms with Gasteiger partial charge in [0, 0.05) is 48.3 Å². The maximum atomic E-state index is 13.5. The summed E-state index contributed by atoms with van der Waals surface area (Å²) >= 11 is 12.5. The fraction of sp³-hybridized carbons (Fsp3) is 0.250. The van der Waals surface area contributed by atoms with Crippen molar-refractivity contribution in [3.8, 4) is 23.4 Å². The summed E-state index contributed by atoms with van der Waals surface area (Å²) in [5.74, 6) is 1.20. The number of nitrogens with zero attached hydrogens (tertiary/aromatic N) is 5. The van der Waals surface area contributed by atoms with E-state index in [4.69, 9.17) is 37.7 Å². The van der Waals surface area contributed by atoms with E-state index < -0.39 is 0 Å². The number of carbonyl (C=O) groups is 1. The SMILES string of the molecule is Cc1noc(-c2ccc(C(=O)N3C[C@H]([C@H](C)Oc4ccc(C#N)cn4)[C@@H](c4ccc(Cl)c(Cl)c4)C3)cc2)n1. The Morgan fingerprint density at radius 2 is 1.92 bits per heavy atom. The molecule has 3 heterocycles. The number of ether oxygens (including phenoxy) is 1. The molecule has 10 heteroatoms. The maximum Gasteiger partial charge on any atom is 0.257 e. The summed E-state index contributed by atoms with van der Waals surface area (Å²) in [5.41, 5.74) is 2.73. The summed E-state index contributed by atoms with van der Waals surface area (Å²) in [5, 5.41) is 13.8. The molecule has 192 valence electrons. The van der Waals surface area contributed by atoms with E-state index in [9.17, 15) is 4.79 Å². The maximum absolute atomic E-state index is 13.5. The quantitative estimate of drug-likeness (QED) is 0.294. The van der Waals surface area contributed by atoms with Crippen LogP contribution >= 0.6 is 23.2 Å². The highest BCUT2D eigenvalue weighted by molar-refractivity contribution is 6.42. The van der Waals surface area contributed by atoms with Gasteiger partial charge in [0.15, 0.2) is 5.82 Å². The number of amides is 1. The third-order valence-electron chi connectivity index (χ3n) is 6.71. The predicted molar refractivity (Wildman–Crippen MR) is 142 cm³/mol. The second-order valence-corrected chi connectivity index (χ2v) is 10.0. The Bertz CT molecular complexity index is 1500. The first-order chi connectivity index (χ1) is 18.3. The Kier molecular flexibility index (Phi) is 7.32. The van der Waals surface area contributed by atoms with Crippen LogP contribution in [-0.4, -0.2) is 45.1 Å². The molecular formula is C28H23Cl2N5O3. The number of benzene rings is 2. The minimum absolute atomic E-state index is 0.0391. The molecule has 4 aromatic rings. The first kappa shape index (κ1) is 25.7. The number of carbonyl (C=O) groups excluding carboxylic acids is 1. The molecule has 2 aromatic heterocycles. The molecule has 2 aromatic carbocycles. The molecule has 1 fully saturated rings. The Balaban J connectivity index is 1.38. The lowest BCUT2D eigenvalue weighted by Crippen LogP contribution is -2.32. The van der Waals surface area contributed by atoms with Gasteiger partial charge in [0.2, 0.25) is 5.88 Å². The first-order valence-corrected chi connectivity index (χ1v) is 12.8. The average molecular weight is 548 g/mol. The third-order valence-corrected chi connectivity index (χ3v) is 7.44. The van der Waals surface area contributed by atoms with Crippen molar-refractivity contribution in [3.05, 3.63) is 93.4 Å². The Hall–Kier alpha value is -3.93. The van der Waals surface area contributed by atoms with Gasteiger partial charge in [-0.2, -0.15) is 10.2 Å². The van der Waals surface area contributed by atoms with Gasteiger partial charge >= 0.3 is 0 Å². The number of halogens is 2. The largest absolute Gasteiger partial charge is 0.474 e. The number of rotatable bonds is 6. The zero-order valence-electron chi connectivity index (χ0n) is 20.6. The first-order valence-electron chi connectivity index (χ1n) is 12.0. The molecule has 0 radical (unpaired) electrons. The molecule has 0 aliphatic carbocycles. The molecule has 1 amide bonds. The molecule has 0 unspecified atom stereocenters. The summed E-state index contributed by atoms with van der Waals surface area (Å²) < 4.78 is 11.4. The van der Waals surface area contributed by atoms with E-state index in [1.165, 1.54) is 6.20 Å². The number of likely N-dealkylation sites (tertiary alicyclic amines) is 1. The van der Waals surface area contributed by atoms with Gasteiger partial charge in [-0.3, -0.25) is 4.79 Å². The lowest BCUT2D eigenvalue weighted by Gasteiger charge is -2.25. The van der Waals surface area contributed by atoms with E-state index in [-0.39, 0.29) is 23.8 Å². The molecule has 0 saturated carbocycles. The molecule has 0 spiro atoms. The number of nitriles is 1. The van der Waals surface area contributed by atoms with Crippen LogP contribution in [0.15, 0.2) is 65.3 Å². The number of aromatic nitrogens is 3. The normalized spacial score (nSPS) is 17.7. The molecule has 1 saturated heterocycles. The van der Waals surface area contributed by atoms with Crippen molar-refractivity contribution in [1.29, 1.82) is 5.26 Å². The second-order valence-electron chi connectivity index (χ2n) is 9.20. The summed E-state index contributed by atoms with van der Waals surface area (Å²) in [6, 6.07) is 18.1. The van der Waals surface area contributed by atoms with Crippen molar-refractivity contribution in [1.82, 2.24) is 20.0 Å². The van der Waals surface area contributed by atoms with Crippen LogP contribution in [-0.2, 0) is 0 Å². The van der Waals surface area contributed by atoms with Crippen LogP contribution in [0.4, 0.5) is 0 Å². The number of hydrogen-bond donors (Lipinski definition) is 0. The van der Waals surface area contributed by atoms with Crippen molar-refractivity contribution < 1.29 is 14.1 Å². The standard InChI is InChI=1S/C28H23Cl2N5O3/c1-16(37-26-10-3-18(12-31)13-32-26)22-14-35(15-23(22)21-8-9-24(29)25(30)11-21)28(36)20-6-4-19(5-7-20)27-33-17(2)34-38-27/h3-11,13,16,22-23H,14-15H2,1-2H3/t16-,22+,23+/m0/s1. The van der Waals surface area contributed by atoms with Crippen molar-refractivity contribution in [2.45, 2.75) is 25.9 Å². The van der Waals surface area contributed by atoms with E-state index in [0.29, 0.717) is 51.9 Å². The minimum atomic E-state index is -0.282. The lowest BCUT2D eigenvalue weighted by atomic mass is 9.86. The summed E-state index contributed by atoms with van der Waals surface area (Å²) in [7, 11) is 0. The van der Waals surface area contributed by atoms with Gasteiger partial charge in [-0.15, -0.1) is 0 Å². The van der Waals surface area contributed by atoms with Crippen LogP contribution in [0.5, 0.6) is 5.88 Å². The summed E-state index contributed by atoms with van der Waals surface area (Å²) in [6.45, 7) is 4.68. The van der Waals surface area contributed by atoms with Crippen LogP contribution in [0.25, 0.3) is 11.5 Å². The monoisotopic (exact) mass is 547 g/mol. The fourth-order valence-electron chi connectivity index (χ4n) is 4.71. The summed E-state index contributed by atoms with van der Waals surface area (Å²) in [6.07, 6.45) is 1.19. The van der Waals surface area contributed by atoms with E-state index in [1.807, 2.05) is 24.0 Å². The Morgan fingerprint density at radius 1 is 1.13 bits per heavy atom. The topological polar surface area (TPSA) is 105 Å².